The minimum absolute atomic E-state index is 0.0459. The summed E-state index contributed by atoms with van der Waals surface area (Å²) in [6, 6.07) is 16.3. The molecule has 2 aromatic carbocycles. The van der Waals surface area contributed by atoms with Gasteiger partial charge in [-0.1, -0.05) is 18.2 Å². The number of hydrogen-bond donors (Lipinski definition) is 0. The number of carbonyl (C=O) groups excluding carboxylic acids is 2. The van der Waals surface area contributed by atoms with Crippen LogP contribution in [0.3, 0.4) is 0 Å². The van der Waals surface area contributed by atoms with Crippen LogP contribution in [0, 0.1) is 0 Å². The van der Waals surface area contributed by atoms with Gasteiger partial charge in [0.15, 0.2) is 0 Å². The zero-order valence-electron chi connectivity index (χ0n) is 22.1. The molecule has 0 radical (unpaired) electrons. The second-order valence-corrected chi connectivity index (χ2v) is 9.92. The van der Waals surface area contributed by atoms with E-state index in [2.05, 4.69) is 11.4 Å². The van der Waals surface area contributed by atoms with Gasteiger partial charge in [-0.15, -0.1) is 11.3 Å². The van der Waals surface area contributed by atoms with E-state index in [1.165, 1.54) is 12.0 Å². The van der Waals surface area contributed by atoms with Gasteiger partial charge >= 0.3 is 0 Å². The maximum absolute atomic E-state index is 13.8. The van der Waals surface area contributed by atoms with E-state index in [1.807, 2.05) is 35.2 Å². The van der Waals surface area contributed by atoms with Crippen LogP contribution in [-0.2, 0) is 16.0 Å². The molecule has 0 N–H and O–H groups in total. The molecule has 0 saturated carbocycles. The van der Waals surface area contributed by atoms with Crippen molar-refractivity contribution in [3.8, 4) is 17.2 Å². The predicted octanol–water partition coefficient (Wildman–Crippen LogP) is 4.45. The number of nitrogens with zero attached hydrogens (tertiary/aromatic N) is 2. The second kappa shape index (κ2) is 13.3. The van der Waals surface area contributed by atoms with E-state index in [-0.39, 0.29) is 24.4 Å². The van der Waals surface area contributed by atoms with Crippen molar-refractivity contribution in [2.75, 3.05) is 54.2 Å². The molecular weight excluding hydrogens is 504 g/mol. The number of benzene rings is 2. The molecule has 9 heteroatoms. The zero-order valence-corrected chi connectivity index (χ0v) is 22.9. The van der Waals surface area contributed by atoms with Crippen LogP contribution in [0.4, 0.5) is 0 Å². The molecule has 0 bridgehead atoms. The number of amides is 2. The van der Waals surface area contributed by atoms with Crippen molar-refractivity contribution in [1.82, 2.24) is 9.80 Å². The van der Waals surface area contributed by atoms with Crippen LogP contribution in [-0.4, -0.2) is 75.8 Å². The Morgan fingerprint density at radius 3 is 2.63 bits per heavy atom. The minimum atomic E-state index is -0.258. The Hall–Kier alpha value is -3.56. The molecule has 2 amide bonds. The summed E-state index contributed by atoms with van der Waals surface area (Å²) in [4.78, 5) is 32.0. The number of thiophene rings is 1. The first-order valence-electron chi connectivity index (χ1n) is 12.6. The summed E-state index contributed by atoms with van der Waals surface area (Å²) in [6.07, 6.45) is 1.39. The van der Waals surface area contributed by atoms with Crippen molar-refractivity contribution in [3.63, 3.8) is 0 Å². The molecule has 38 heavy (non-hydrogen) atoms. The summed E-state index contributed by atoms with van der Waals surface area (Å²) in [7, 11) is 4.77. The molecule has 1 unspecified atom stereocenters. The Kier molecular flexibility index (Phi) is 9.62. The SMILES string of the molecule is COCCCN(CC(=O)N1CCc2sccc2C1COc1cccc(OC)c1)C(=O)c1ccccc1OC. The fourth-order valence-corrected chi connectivity index (χ4v) is 5.57. The summed E-state index contributed by atoms with van der Waals surface area (Å²) in [5.74, 6) is 1.49. The smallest absolute Gasteiger partial charge is 0.258 e. The molecule has 202 valence electrons. The first-order chi connectivity index (χ1) is 18.5. The average molecular weight is 539 g/mol. The minimum Gasteiger partial charge on any atom is -0.497 e. The number of rotatable bonds is 12. The van der Waals surface area contributed by atoms with Crippen molar-refractivity contribution in [2.45, 2.75) is 18.9 Å². The highest BCUT2D eigenvalue weighted by molar-refractivity contribution is 7.10. The molecule has 0 saturated heterocycles. The average Bonchev–Trinajstić information content (AvgIpc) is 3.44. The summed E-state index contributed by atoms with van der Waals surface area (Å²) in [5, 5.41) is 2.06. The third-order valence-electron chi connectivity index (χ3n) is 6.59. The van der Waals surface area contributed by atoms with E-state index in [4.69, 9.17) is 18.9 Å². The van der Waals surface area contributed by atoms with Gasteiger partial charge in [0.05, 0.1) is 25.8 Å². The Morgan fingerprint density at radius 2 is 1.84 bits per heavy atom. The van der Waals surface area contributed by atoms with Crippen molar-refractivity contribution in [2.24, 2.45) is 0 Å². The number of fused-ring (bicyclic) bond motifs is 1. The van der Waals surface area contributed by atoms with Crippen molar-refractivity contribution in [1.29, 1.82) is 0 Å². The fourth-order valence-electron chi connectivity index (χ4n) is 4.64. The summed E-state index contributed by atoms with van der Waals surface area (Å²) in [6.45, 7) is 1.69. The molecule has 0 aliphatic carbocycles. The lowest BCUT2D eigenvalue weighted by Gasteiger charge is -2.37. The molecule has 1 aliphatic rings. The Balaban J connectivity index is 1.54. The monoisotopic (exact) mass is 538 g/mol. The lowest BCUT2D eigenvalue weighted by molar-refractivity contribution is -0.135. The molecule has 1 aliphatic heterocycles. The Morgan fingerprint density at radius 1 is 1.03 bits per heavy atom. The maximum Gasteiger partial charge on any atom is 0.258 e. The first kappa shape index (κ1) is 27.5. The van der Waals surface area contributed by atoms with Crippen molar-refractivity contribution >= 4 is 23.2 Å². The normalized spacial score (nSPS) is 14.5. The van der Waals surface area contributed by atoms with Crippen LogP contribution in [0.2, 0.25) is 0 Å². The molecule has 1 atom stereocenters. The standard InChI is InChI=1S/C29H34N2O6S/c1-34-16-7-14-30(29(33)24-10-4-5-11-26(24)36-3)19-28(32)31-15-12-27-23(13-17-38-27)25(31)20-37-22-9-6-8-21(18-22)35-2/h4-6,8-11,13,17-18,25H,7,12,14-16,19-20H2,1-3H3. The zero-order chi connectivity index (χ0) is 26.9. The molecule has 3 aromatic rings. The van der Waals surface area contributed by atoms with Gasteiger partial charge in [0.2, 0.25) is 5.91 Å². The van der Waals surface area contributed by atoms with Gasteiger partial charge in [-0.2, -0.15) is 0 Å². The molecule has 4 rings (SSSR count). The fraction of sp³-hybridized carbons (Fsp3) is 0.379. The molecule has 0 spiro atoms. The van der Waals surface area contributed by atoms with Crippen LogP contribution in [0.5, 0.6) is 17.2 Å². The van der Waals surface area contributed by atoms with E-state index >= 15 is 0 Å². The number of carbonyl (C=O) groups is 2. The van der Waals surface area contributed by atoms with E-state index in [9.17, 15) is 9.59 Å². The molecule has 0 fully saturated rings. The van der Waals surface area contributed by atoms with E-state index < -0.39 is 0 Å². The van der Waals surface area contributed by atoms with Gasteiger partial charge < -0.3 is 28.7 Å². The largest absolute Gasteiger partial charge is 0.497 e. The van der Waals surface area contributed by atoms with Gasteiger partial charge in [0, 0.05) is 37.7 Å². The Bertz CT molecular complexity index is 1230. The van der Waals surface area contributed by atoms with Gasteiger partial charge in [0.1, 0.15) is 30.4 Å². The molecular formula is C29H34N2O6S. The molecule has 2 heterocycles. The summed E-state index contributed by atoms with van der Waals surface area (Å²) < 4.78 is 22.1. The van der Waals surface area contributed by atoms with Crippen LogP contribution < -0.4 is 14.2 Å². The highest BCUT2D eigenvalue weighted by atomic mass is 32.1. The third-order valence-corrected chi connectivity index (χ3v) is 7.59. The van der Waals surface area contributed by atoms with Gasteiger partial charge in [-0.3, -0.25) is 9.59 Å². The maximum atomic E-state index is 13.8. The lowest BCUT2D eigenvalue weighted by Crippen LogP contribution is -2.48. The highest BCUT2D eigenvalue weighted by Gasteiger charge is 2.34. The molecule has 8 nitrogen and oxygen atoms in total. The van der Waals surface area contributed by atoms with Crippen LogP contribution in [0.1, 0.15) is 33.3 Å². The number of ether oxygens (including phenoxy) is 4. The van der Waals surface area contributed by atoms with Gasteiger partial charge in [-0.25, -0.2) is 0 Å². The summed E-state index contributed by atoms with van der Waals surface area (Å²) in [5.41, 5.74) is 1.52. The van der Waals surface area contributed by atoms with Crippen molar-refractivity contribution in [3.05, 3.63) is 76.0 Å². The first-order valence-corrected chi connectivity index (χ1v) is 13.5. The van der Waals surface area contributed by atoms with E-state index in [1.54, 1.807) is 48.7 Å². The van der Waals surface area contributed by atoms with Gasteiger partial charge in [-0.05, 0) is 54.1 Å². The molecule has 1 aromatic heterocycles. The number of hydrogen-bond acceptors (Lipinski definition) is 7. The van der Waals surface area contributed by atoms with Crippen LogP contribution >= 0.6 is 11.3 Å². The second-order valence-electron chi connectivity index (χ2n) is 8.92. The van der Waals surface area contributed by atoms with Crippen LogP contribution in [0.15, 0.2) is 60.0 Å². The highest BCUT2D eigenvalue weighted by Crippen LogP contribution is 2.34. The quantitative estimate of drug-likeness (QED) is 0.317. The van der Waals surface area contributed by atoms with Crippen molar-refractivity contribution < 1.29 is 28.5 Å². The third kappa shape index (κ3) is 6.46. The predicted molar refractivity (Wildman–Crippen MR) is 146 cm³/mol. The van der Waals surface area contributed by atoms with E-state index in [0.717, 1.165) is 12.0 Å². The number of methoxy groups -OCH3 is 3. The number of para-hydroxylation sites is 1. The topological polar surface area (TPSA) is 77.5 Å². The van der Waals surface area contributed by atoms with Gasteiger partial charge in [0.25, 0.3) is 5.91 Å². The Labute approximate surface area is 227 Å². The van der Waals surface area contributed by atoms with Crippen LogP contribution in [0.25, 0.3) is 0 Å². The lowest BCUT2D eigenvalue weighted by atomic mass is 10.00. The van der Waals surface area contributed by atoms with E-state index in [0.29, 0.717) is 55.5 Å². The summed E-state index contributed by atoms with van der Waals surface area (Å²) >= 11 is 1.70.